The Morgan fingerprint density at radius 2 is 1.00 bits per heavy atom. The first-order valence-electron chi connectivity index (χ1n) is 2.81. The summed E-state index contributed by atoms with van der Waals surface area (Å²) in [7, 11) is 0. The zero-order valence-corrected chi connectivity index (χ0v) is 6.80. The zero-order chi connectivity index (χ0) is 13.6. The van der Waals surface area contributed by atoms with E-state index in [2.05, 4.69) is 9.47 Å². The molecule has 0 fully saturated rings. The van der Waals surface area contributed by atoms with Crippen molar-refractivity contribution in [2.45, 2.75) is 12.7 Å². The molecule has 16 heavy (non-hydrogen) atoms. The van der Waals surface area contributed by atoms with Gasteiger partial charge in [0.15, 0.2) is 0 Å². The van der Waals surface area contributed by atoms with Crippen LogP contribution in [-0.4, -0.2) is 35.2 Å². The topological polar surface area (TPSA) is 93.1 Å². The van der Waals surface area contributed by atoms with Crippen LogP contribution in [-0.2, 0) is 9.47 Å². The number of hydrogen-bond donors (Lipinski definition) is 2. The molecule has 96 valence electrons. The summed E-state index contributed by atoms with van der Waals surface area (Å²) < 4.78 is 70.4. The summed E-state index contributed by atoms with van der Waals surface area (Å²) in [4.78, 5) is 18.1. The van der Waals surface area contributed by atoms with Crippen molar-refractivity contribution in [1.29, 1.82) is 0 Å². The van der Waals surface area contributed by atoms with Gasteiger partial charge in [0, 0.05) is 0 Å². The lowest BCUT2D eigenvalue weighted by Crippen LogP contribution is -2.26. The van der Waals surface area contributed by atoms with Crippen LogP contribution in [0.5, 0.6) is 0 Å². The van der Waals surface area contributed by atoms with Crippen LogP contribution >= 0.6 is 0 Å². The Morgan fingerprint density at radius 1 is 0.812 bits per heavy atom. The molecule has 0 radical (unpaired) electrons. The lowest BCUT2D eigenvalue weighted by molar-refractivity contribution is -0.338. The van der Waals surface area contributed by atoms with E-state index in [9.17, 15) is 31.1 Å². The second-order valence-electron chi connectivity index (χ2n) is 1.63. The molecule has 0 saturated carbocycles. The fraction of sp³-hybridized carbons (Fsp3) is 0.500. The molecule has 0 unspecified atom stereocenters. The molecule has 0 aliphatic heterocycles. The Kier molecular flexibility index (Phi) is 6.07. The van der Waals surface area contributed by atoms with Gasteiger partial charge in [0.05, 0.1) is 0 Å². The summed E-state index contributed by atoms with van der Waals surface area (Å²) in [6.45, 7) is 0. The van der Waals surface area contributed by atoms with Gasteiger partial charge >= 0.3 is 25.0 Å². The number of hydrogen-bond acceptors (Lipinski definition) is 4. The second kappa shape index (κ2) is 5.87. The van der Waals surface area contributed by atoms with Crippen molar-refractivity contribution in [3.63, 3.8) is 0 Å². The van der Waals surface area contributed by atoms with Gasteiger partial charge in [-0.25, -0.2) is 9.59 Å². The number of halogens is 6. The van der Waals surface area contributed by atoms with Crippen LogP contribution in [0.3, 0.4) is 0 Å². The van der Waals surface area contributed by atoms with E-state index in [4.69, 9.17) is 15.0 Å². The number of carbonyl (C=O) groups is 2. The smallest absolute Gasteiger partial charge is 0.450 e. The average Bonchev–Trinajstić information content (AvgIpc) is 1.72. The molecule has 0 spiro atoms. The molecule has 0 aromatic carbocycles. The summed E-state index contributed by atoms with van der Waals surface area (Å²) in [6, 6.07) is 0. The van der Waals surface area contributed by atoms with Crippen molar-refractivity contribution in [3.8, 4) is 0 Å². The molecule has 0 aliphatic rings. The van der Waals surface area contributed by atoms with E-state index >= 15 is 0 Å². The van der Waals surface area contributed by atoms with Gasteiger partial charge in [0.1, 0.15) is 0 Å². The Morgan fingerprint density at radius 3 is 1.12 bits per heavy atom. The molecule has 0 saturated heterocycles. The number of carboxylic acid groups (broad SMARTS) is 2. The highest BCUT2D eigenvalue weighted by molar-refractivity contribution is 5.60. The van der Waals surface area contributed by atoms with Gasteiger partial charge in [-0.1, -0.05) is 0 Å². The number of ether oxygens (including phenoxy) is 2. The predicted molar refractivity (Wildman–Crippen MR) is 30.3 cm³/mol. The summed E-state index contributed by atoms with van der Waals surface area (Å²) in [6.07, 6.45) is -15.7. The van der Waals surface area contributed by atoms with Crippen molar-refractivity contribution in [2.75, 3.05) is 0 Å². The fourth-order valence-electron chi connectivity index (χ4n) is 0.210. The first-order valence-corrected chi connectivity index (χ1v) is 2.81. The minimum absolute atomic E-state index is 1.83. The Labute approximate surface area is 82.0 Å². The third kappa shape index (κ3) is 22.7. The van der Waals surface area contributed by atoms with E-state index in [1.54, 1.807) is 0 Å². The van der Waals surface area contributed by atoms with Crippen molar-refractivity contribution in [1.82, 2.24) is 0 Å². The standard InChI is InChI=1S/C3F6O3.CH2O3/c4-2(5,6)11-1(10)12-3(7,8)9;2-1(3)4/h;(H2,2,3,4). The Hall–Kier alpha value is -1.88. The SMILES string of the molecule is O=C(O)O.O=C(OC(F)(F)F)OC(F)(F)F. The van der Waals surface area contributed by atoms with Crippen molar-refractivity contribution in [3.05, 3.63) is 0 Å². The van der Waals surface area contributed by atoms with Gasteiger partial charge in [-0.3, -0.25) is 0 Å². The molecule has 12 heteroatoms. The quantitative estimate of drug-likeness (QED) is 0.513. The molecule has 2 N–H and O–H groups in total. The number of carbonyl (C=O) groups excluding carboxylic acids is 1. The molecule has 0 aromatic rings. The van der Waals surface area contributed by atoms with Crippen molar-refractivity contribution < 1.29 is 55.6 Å². The minimum atomic E-state index is -5.48. The molecule has 0 aromatic heterocycles. The summed E-state index contributed by atoms with van der Waals surface area (Å²) in [5.41, 5.74) is 0. The van der Waals surface area contributed by atoms with Crippen LogP contribution < -0.4 is 0 Å². The molecule has 6 nitrogen and oxygen atoms in total. The van der Waals surface area contributed by atoms with Crippen LogP contribution in [0.2, 0.25) is 0 Å². The van der Waals surface area contributed by atoms with E-state index in [-0.39, 0.29) is 0 Å². The summed E-state index contributed by atoms with van der Waals surface area (Å²) in [5, 5.41) is 13.9. The van der Waals surface area contributed by atoms with Gasteiger partial charge < -0.3 is 19.7 Å². The van der Waals surface area contributed by atoms with Crippen LogP contribution in [0.1, 0.15) is 0 Å². The molecule has 0 bridgehead atoms. The van der Waals surface area contributed by atoms with Gasteiger partial charge in [-0.05, 0) is 0 Å². The van der Waals surface area contributed by atoms with Gasteiger partial charge in [0.25, 0.3) is 0 Å². The highest BCUT2D eigenvalue weighted by Crippen LogP contribution is 2.21. The number of alkyl halides is 6. The molecular weight excluding hydrogens is 258 g/mol. The maximum Gasteiger partial charge on any atom is 0.577 e. The van der Waals surface area contributed by atoms with Crippen LogP contribution in [0.4, 0.5) is 35.9 Å². The minimum Gasteiger partial charge on any atom is -0.450 e. The maximum absolute atomic E-state index is 11.0. The lowest BCUT2D eigenvalue weighted by Gasteiger charge is -2.08. The van der Waals surface area contributed by atoms with Crippen LogP contribution in [0.15, 0.2) is 0 Å². The molecule has 0 aliphatic carbocycles. The highest BCUT2D eigenvalue weighted by atomic mass is 19.4. The van der Waals surface area contributed by atoms with E-state index < -0.39 is 25.0 Å². The second-order valence-corrected chi connectivity index (χ2v) is 1.63. The average molecular weight is 260 g/mol. The van der Waals surface area contributed by atoms with E-state index in [0.717, 1.165) is 0 Å². The van der Waals surface area contributed by atoms with E-state index in [1.165, 1.54) is 0 Å². The first-order chi connectivity index (χ1) is 6.83. The van der Waals surface area contributed by atoms with E-state index in [1.807, 2.05) is 0 Å². The highest BCUT2D eigenvalue weighted by Gasteiger charge is 2.41. The number of rotatable bonds is 0. The summed E-state index contributed by atoms with van der Waals surface area (Å²) >= 11 is 0. The third-order valence-corrected chi connectivity index (χ3v) is 0.398. The van der Waals surface area contributed by atoms with E-state index in [0.29, 0.717) is 0 Å². The zero-order valence-electron chi connectivity index (χ0n) is 6.80. The Balaban J connectivity index is 0. The third-order valence-electron chi connectivity index (χ3n) is 0.398. The van der Waals surface area contributed by atoms with Crippen LogP contribution in [0.25, 0.3) is 0 Å². The van der Waals surface area contributed by atoms with Crippen molar-refractivity contribution >= 4 is 12.3 Å². The van der Waals surface area contributed by atoms with Crippen molar-refractivity contribution in [2.24, 2.45) is 0 Å². The van der Waals surface area contributed by atoms with Gasteiger partial charge in [-0.2, -0.15) is 0 Å². The monoisotopic (exact) mass is 260 g/mol. The van der Waals surface area contributed by atoms with Gasteiger partial charge in [-0.15, -0.1) is 26.3 Å². The molecule has 0 atom stereocenters. The summed E-state index contributed by atoms with van der Waals surface area (Å²) in [5.74, 6) is 0. The Bertz CT molecular complexity index is 220. The molecular formula is C4H2F6O6. The lowest BCUT2D eigenvalue weighted by atomic mass is 11.2. The fourth-order valence-corrected chi connectivity index (χ4v) is 0.210. The molecule has 0 amide bonds. The predicted octanol–water partition coefficient (Wildman–Crippen LogP) is 2.40. The normalized spacial score (nSPS) is 10.9. The maximum atomic E-state index is 11.0. The largest absolute Gasteiger partial charge is 0.577 e. The molecule has 0 rings (SSSR count). The first kappa shape index (κ1) is 16.5. The molecule has 0 heterocycles. The van der Waals surface area contributed by atoms with Crippen LogP contribution in [0, 0.1) is 0 Å². The van der Waals surface area contributed by atoms with Gasteiger partial charge in [0.2, 0.25) is 0 Å².